The molecule has 0 N–H and O–H groups in total. The van der Waals surface area contributed by atoms with Crippen molar-refractivity contribution in [1.82, 2.24) is 10.1 Å². The second-order valence-electron chi connectivity index (χ2n) is 5.11. The molecule has 1 unspecified atom stereocenters. The fraction of sp³-hybridized carbons (Fsp3) is 0.400. The normalized spacial score (nSPS) is 18.9. The third kappa shape index (κ3) is 2.37. The minimum absolute atomic E-state index is 0.0176. The van der Waals surface area contributed by atoms with E-state index < -0.39 is 0 Å². The number of nitrogens with zero attached hydrogens (tertiary/aromatic N) is 3. The Bertz CT molecular complexity index is 671. The van der Waals surface area contributed by atoms with Crippen molar-refractivity contribution in [2.75, 3.05) is 13.1 Å². The molecule has 0 saturated carbocycles. The molecule has 102 valence electrons. The minimum Gasteiger partial charge on any atom is -0.356 e. The molecule has 1 fully saturated rings. The molecule has 5 heteroatoms. The highest BCUT2D eigenvalue weighted by molar-refractivity contribution is 5.86. The number of nitriles is 1. The molecule has 2 aromatic rings. The van der Waals surface area contributed by atoms with Gasteiger partial charge in [0.15, 0.2) is 5.58 Å². The summed E-state index contributed by atoms with van der Waals surface area (Å²) in [5.74, 6) is -0.0224. The lowest BCUT2D eigenvalue weighted by atomic mass is 9.99. The topological polar surface area (TPSA) is 70.1 Å². The van der Waals surface area contributed by atoms with E-state index in [1.165, 1.54) is 0 Å². The number of amides is 1. The average Bonchev–Trinajstić information content (AvgIpc) is 2.90. The van der Waals surface area contributed by atoms with Crippen LogP contribution in [0.3, 0.4) is 0 Å². The van der Waals surface area contributed by atoms with E-state index in [9.17, 15) is 4.79 Å². The number of hydrogen-bond donors (Lipinski definition) is 0. The van der Waals surface area contributed by atoms with E-state index in [1.807, 2.05) is 24.3 Å². The number of para-hydroxylation sites is 1. The monoisotopic (exact) mass is 269 g/mol. The molecule has 2 heterocycles. The van der Waals surface area contributed by atoms with Gasteiger partial charge in [0.2, 0.25) is 5.91 Å². The number of carbonyl (C=O) groups excluding carboxylic acids is 1. The van der Waals surface area contributed by atoms with Crippen molar-refractivity contribution in [2.24, 2.45) is 5.92 Å². The van der Waals surface area contributed by atoms with Gasteiger partial charge >= 0.3 is 0 Å². The summed E-state index contributed by atoms with van der Waals surface area (Å²) < 4.78 is 5.21. The van der Waals surface area contributed by atoms with Crippen molar-refractivity contribution in [3.63, 3.8) is 0 Å². The molecular weight excluding hydrogens is 254 g/mol. The van der Waals surface area contributed by atoms with Gasteiger partial charge in [0.05, 0.1) is 18.4 Å². The molecule has 1 amide bonds. The van der Waals surface area contributed by atoms with Crippen LogP contribution in [-0.2, 0) is 11.2 Å². The molecule has 5 nitrogen and oxygen atoms in total. The zero-order valence-electron chi connectivity index (χ0n) is 11.1. The largest absolute Gasteiger partial charge is 0.356 e. The highest BCUT2D eigenvalue weighted by atomic mass is 16.5. The molecule has 0 aliphatic carbocycles. The van der Waals surface area contributed by atoms with Crippen LogP contribution in [0, 0.1) is 17.2 Å². The van der Waals surface area contributed by atoms with Gasteiger partial charge in [0.1, 0.15) is 5.69 Å². The molecule has 1 saturated heterocycles. The van der Waals surface area contributed by atoms with Crippen LogP contribution in [0.25, 0.3) is 11.0 Å². The molecule has 3 rings (SSSR count). The lowest BCUT2D eigenvalue weighted by molar-refractivity contribution is -0.131. The Hall–Kier alpha value is -2.35. The van der Waals surface area contributed by atoms with E-state index in [0.717, 1.165) is 24.8 Å². The SMILES string of the molecule is N#CC1CCCN(C(=O)Cc2noc3ccccc23)C1. The number of rotatable bonds is 2. The van der Waals surface area contributed by atoms with E-state index in [1.54, 1.807) is 4.90 Å². The highest BCUT2D eigenvalue weighted by Gasteiger charge is 2.24. The van der Waals surface area contributed by atoms with Crippen LogP contribution >= 0.6 is 0 Å². The molecule has 20 heavy (non-hydrogen) atoms. The third-order valence-corrected chi connectivity index (χ3v) is 3.73. The Labute approximate surface area is 116 Å². The Balaban J connectivity index is 1.74. The van der Waals surface area contributed by atoms with Crippen molar-refractivity contribution >= 4 is 16.9 Å². The number of benzene rings is 1. The van der Waals surface area contributed by atoms with Crippen molar-refractivity contribution in [3.8, 4) is 6.07 Å². The van der Waals surface area contributed by atoms with Crippen LogP contribution in [0.2, 0.25) is 0 Å². The van der Waals surface area contributed by atoms with Crippen molar-refractivity contribution in [3.05, 3.63) is 30.0 Å². The number of carbonyl (C=O) groups is 1. The molecule has 1 aromatic carbocycles. The second-order valence-corrected chi connectivity index (χ2v) is 5.11. The number of fused-ring (bicyclic) bond motifs is 1. The second kappa shape index (κ2) is 5.33. The van der Waals surface area contributed by atoms with Gasteiger partial charge in [-0.1, -0.05) is 17.3 Å². The molecule has 1 aromatic heterocycles. The van der Waals surface area contributed by atoms with Crippen molar-refractivity contribution in [1.29, 1.82) is 5.26 Å². The predicted octanol–water partition coefficient (Wildman–Crippen LogP) is 2.13. The Kier molecular flexibility index (Phi) is 3.38. The van der Waals surface area contributed by atoms with Gasteiger partial charge in [-0.15, -0.1) is 0 Å². The minimum atomic E-state index is -0.0400. The van der Waals surface area contributed by atoms with E-state index in [2.05, 4.69) is 11.2 Å². The van der Waals surface area contributed by atoms with Gasteiger partial charge in [0, 0.05) is 18.5 Å². The molecule has 0 radical (unpaired) electrons. The van der Waals surface area contributed by atoms with Crippen molar-refractivity contribution < 1.29 is 9.32 Å². The van der Waals surface area contributed by atoms with Crippen LogP contribution < -0.4 is 0 Å². The lowest BCUT2D eigenvalue weighted by Crippen LogP contribution is -2.40. The summed E-state index contributed by atoms with van der Waals surface area (Å²) in [6.07, 6.45) is 2.01. The summed E-state index contributed by atoms with van der Waals surface area (Å²) >= 11 is 0. The fourth-order valence-corrected chi connectivity index (χ4v) is 2.63. The zero-order valence-corrected chi connectivity index (χ0v) is 11.1. The summed E-state index contributed by atoms with van der Waals surface area (Å²) in [6, 6.07) is 9.77. The first-order valence-electron chi connectivity index (χ1n) is 6.78. The van der Waals surface area contributed by atoms with Gasteiger partial charge in [-0.2, -0.15) is 5.26 Å². The van der Waals surface area contributed by atoms with Gasteiger partial charge < -0.3 is 9.42 Å². The van der Waals surface area contributed by atoms with Gasteiger partial charge in [-0.05, 0) is 25.0 Å². The van der Waals surface area contributed by atoms with Gasteiger partial charge in [0.25, 0.3) is 0 Å². The smallest absolute Gasteiger partial charge is 0.228 e. The van der Waals surface area contributed by atoms with Crippen LogP contribution in [0.4, 0.5) is 0 Å². The maximum atomic E-state index is 12.3. The van der Waals surface area contributed by atoms with E-state index in [0.29, 0.717) is 17.8 Å². The summed E-state index contributed by atoms with van der Waals surface area (Å²) in [5, 5.41) is 13.8. The molecule has 1 aliphatic heterocycles. The van der Waals surface area contributed by atoms with E-state index >= 15 is 0 Å². The standard InChI is InChI=1S/C15H15N3O2/c16-9-11-4-3-7-18(10-11)15(19)8-13-12-5-1-2-6-14(12)20-17-13/h1-2,5-6,11H,3-4,7-8,10H2. The van der Waals surface area contributed by atoms with Crippen LogP contribution in [0.15, 0.2) is 28.8 Å². The zero-order chi connectivity index (χ0) is 13.9. The predicted molar refractivity (Wildman–Crippen MR) is 72.6 cm³/mol. The maximum Gasteiger partial charge on any atom is 0.228 e. The quantitative estimate of drug-likeness (QED) is 0.837. The van der Waals surface area contributed by atoms with Gasteiger partial charge in [-0.25, -0.2) is 0 Å². The van der Waals surface area contributed by atoms with Crippen LogP contribution in [-0.4, -0.2) is 29.1 Å². The van der Waals surface area contributed by atoms with Crippen LogP contribution in [0.5, 0.6) is 0 Å². The molecule has 1 aliphatic rings. The third-order valence-electron chi connectivity index (χ3n) is 3.73. The highest BCUT2D eigenvalue weighted by Crippen LogP contribution is 2.20. The molecule has 0 spiro atoms. The Morgan fingerprint density at radius 3 is 3.20 bits per heavy atom. The van der Waals surface area contributed by atoms with Gasteiger partial charge in [-0.3, -0.25) is 4.79 Å². The molecular formula is C15H15N3O2. The summed E-state index contributed by atoms with van der Waals surface area (Å²) in [6.45, 7) is 1.26. The number of hydrogen-bond acceptors (Lipinski definition) is 4. The maximum absolute atomic E-state index is 12.3. The number of aromatic nitrogens is 1. The number of likely N-dealkylation sites (tertiary alicyclic amines) is 1. The fourth-order valence-electron chi connectivity index (χ4n) is 2.63. The lowest BCUT2D eigenvalue weighted by Gasteiger charge is -2.29. The first kappa shape index (κ1) is 12.7. The Morgan fingerprint density at radius 1 is 1.50 bits per heavy atom. The first-order chi connectivity index (χ1) is 9.78. The molecule has 1 atom stereocenters. The van der Waals surface area contributed by atoms with Crippen LogP contribution in [0.1, 0.15) is 18.5 Å². The summed E-state index contributed by atoms with van der Waals surface area (Å²) in [4.78, 5) is 14.1. The Morgan fingerprint density at radius 2 is 2.35 bits per heavy atom. The summed E-state index contributed by atoms with van der Waals surface area (Å²) in [7, 11) is 0. The molecule has 0 bridgehead atoms. The first-order valence-corrected chi connectivity index (χ1v) is 6.78. The van der Waals surface area contributed by atoms with E-state index in [-0.39, 0.29) is 18.2 Å². The van der Waals surface area contributed by atoms with Crippen molar-refractivity contribution in [2.45, 2.75) is 19.3 Å². The number of piperidine rings is 1. The summed E-state index contributed by atoms with van der Waals surface area (Å²) in [5.41, 5.74) is 1.37. The average molecular weight is 269 g/mol. The van der Waals surface area contributed by atoms with E-state index in [4.69, 9.17) is 9.78 Å².